The van der Waals surface area contributed by atoms with Gasteiger partial charge >= 0.3 is 0 Å². The van der Waals surface area contributed by atoms with E-state index in [1.54, 1.807) is 4.68 Å². The third kappa shape index (κ3) is 3.17. The molecule has 0 aliphatic carbocycles. The second-order valence-electron chi connectivity index (χ2n) is 4.70. The zero-order chi connectivity index (χ0) is 13.8. The maximum Gasteiger partial charge on any atom is 0.130 e. The second kappa shape index (κ2) is 6.22. The Morgan fingerprint density at radius 2 is 2.00 bits per heavy atom. The highest BCUT2D eigenvalue weighted by molar-refractivity contribution is 6.30. The van der Waals surface area contributed by atoms with Gasteiger partial charge in [0.1, 0.15) is 5.15 Å². The van der Waals surface area contributed by atoms with E-state index in [-0.39, 0.29) is 6.04 Å². The lowest BCUT2D eigenvalue weighted by Crippen LogP contribution is -2.23. The fraction of sp³-hybridized carbons (Fsp3) is 0.400. The monoisotopic (exact) mass is 277 g/mol. The molecule has 0 amide bonds. The Bertz CT molecular complexity index is 534. The number of halogens is 1. The minimum Gasteiger partial charge on any atom is -0.310 e. The topological polar surface area (TPSA) is 29.9 Å². The lowest BCUT2D eigenvalue weighted by Gasteiger charge is -2.18. The van der Waals surface area contributed by atoms with E-state index in [9.17, 15) is 0 Å². The largest absolute Gasteiger partial charge is 0.310 e. The number of likely N-dealkylation sites (N-methyl/N-ethyl adjacent to an activating group) is 1. The summed E-state index contributed by atoms with van der Waals surface area (Å²) in [6, 6.07) is 10.7. The van der Waals surface area contributed by atoms with E-state index < -0.39 is 0 Å². The highest BCUT2D eigenvalue weighted by Gasteiger charge is 2.17. The van der Waals surface area contributed by atoms with E-state index >= 15 is 0 Å². The lowest BCUT2D eigenvalue weighted by molar-refractivity contribution is 0.549. The molecule has 0 spiro atoms. The summed E-state index contributed by atoms with van der Waals surface area (Å²) in [5, 5.41) is 8.62. The van der Waals surface area contributed by atoms with E-state index in [2.05, 4.69) is 41.6 Å². The van der Waals surface area contributed by atoms with Crippen molar-refractivity contribution in [3.8, 4) is 0 Å². The third-order valence-electron chi connectivity index (χ3n) is 3.33. The molecule has 1 atom stereocenters. The number of rotatable bonds is 5. The van der Waals surface area contributed by atoms with Crippen molar-refractivity contribution in [1.82, 2.24) is 15.1 Å². The number of aryl methyl sites for hydroxylation is 2. The predicted octanol–water partition coefficient (Wildman–Crippen LogP) is 3.28. The van der Waals surface area contributed by atoms with E-state index in [1.165, 1.54) is 5.56 Å². The molecule has 0 bridgehead atoms. The molecular formula is C15H20ClN3. The Balaban J connectivity index is 2.26. The smallest absolute Gasteiger partial charge is 0.130 e. The second-order valence-corrected chi connectivity index (χ2v) is 5.06. The summed E-state index contributed by atoms with van der Waals surface area (Å²) in [6.07, 6.45) is 0.858. The van der Waals surface area contributed by atoms with Gasteiger partial charge in [0.15, 0.2) is 0 Å². The number of benzene rings is 1. The van der Waals surface area contributed by atoms with Crippen LogP contribution in [0.2, 0.25) is 5.15 Å². The molecule has 0 saturated heterocycles. The maximum atomic E-state index is 6.32. The average molecular weight is 278 g/mol. The van der Waals surface area contributed by atoms with Crippen LogP contribution in [0.25, 0.3) is 0 Å². The van der Waals surface area contributed by atoms with Crippen molar-refractivity contribution in [1.29, 1.82) is 0 Å². The summed E-state index contributed by atoms with van der Waals surface area (Å²) >= 11 is 6.32. The molecule has 4 heteroatoms. The first-order chi connectivity index (χ1) is 9.13. The highest BCUT2D eigenvalue weighted by atomic mass is 35.5. The zero-order valence-electron chi connectivity index (χ0n) is 11.7. The molecule has 2 aromatic rings. The van der Waals surface area contributed by atoms with Crippen molar-refractivity contribution in [2.45, 2.75) is 26.3 Å². The number of hydrogen-bond acceptors (Lipinski definition) is 2. The van der Waals surface area contributed by atoms with Crippen LogP contribution in [0.5, 0.6) is 0 Å². The van der Waals surface area contributed by atoms with Gasteiger partial charge in [-0.1, -0.05) is 48.9 Å². The number of nitrogens with zero attached hydrogens (tertiary/aromatic N) is 2. The fourth-order valence-corrected chi connectivity index (χ4v) is 2.60. The summed E-state index contributed by atoms with van der Waals surface area (Å²) in [6.45, 7) is 5.05. The van der Waals surface area contributed by atoms with E-state index in [4.69, 9.17) is 11.6 Å². The quantitative estimate of drug-likeness (QED) is 0.909. The third-order valence-corrected chi connectivity index (χ3v) is 3.80. The molecule has 0 saturated carbocycles. The summed E-state index contributed by atoms with van der Waals surface area (Å²) in [4.78, 5) is 0. The van der Waals surface area contributed by atoms with Gasteiger partial charge in [0.2, 0.25) is 0 Å². The number of nitrogens with one attached hydrogen (secondary N) is 1. The van der Waals surface area contributed by atoms with Gasteiger partial charge in [-0.25, -0.2) is 0 Å². The van der Waals surface area contributed by atoms with Crippen molar-refractivity contribution >= 4 is 11.6 Å². The molecule has 1 aromatic heterocycles. The fourth-order valence-electron chi connectivity index (χ4n) is 2.35. The molecule has 1 unspecified atom stereocenters. The van der Waals surface area contributed by atoms with Crippen LogP contribution in [-0.4, -0.2) is 16.3 Å². The van der Waals surface area contributed by atoms with Crippen LogP contribution < -0.4 is 5.32 Å². The highest BCUT2D eigenvalue weighted by Crippen LogP contribution is 2.25. The van der Waals surface area contributed by atoms with Crippen molar-refractivity contribution in [2.24, 2.45) is 7.05 Å². The van der Waals surface area contributed by atoms with Crippen molar-refractivity contribution < 1.29 is 0 Å². The van der Waals surface area contributed by atoms with Gasteiger partial charge in [0, 0.05) is 18.7 Å². The normalized spacial score (nSPS) is 12.6. The van der Waals surface area contributed by atoms with Gasteiger partial charge in [0.25, 0.3) is 0 Å². The molecule has 1 aromatic carbocycles. The first kappa shape index (κ1) is 14.1. The Morgan fingerprint density at radius 3 is 2.53 bits per heavy atom. The van der Waals surface area contributed by atoms with Gasteiger partial charge < -0.3 is 5.32 Å². The minimum atomic E-state index is 0.270. The molecule has 0 fully saturated rings. The van der Waals surface area contributed by atoms with Crippen molar-refractivity contribution in [3.05, 3.63) is 52.3 Å². The molecule has 102 valence electrons. The van der Waals surface area contributed by atoms with Crippen LogP contribution in [0.3, 0.4) is 0 Å². The number of hydrogen-bond donors (Lipinski definition) is 1. The molecule has 2 rings (SSSR count). The Morgan fingerprint density at radius 1 is 1.32 bits per heavy atom. The first-order valence-electron chi connectivity index (χ1n) is 6.59. The van der Waals surface area contributed by atoms with Crippen molar-refractivity contribution in [2.75, 3.05) is 6.54 Å². The van der Waals surface area contributed by atoms with Crippen LogP contribution in [0.15, 0.2) is 30.3 Å². The summed E-state index contributed by atoms with van der Waals surface area (Å²) in [5.74, 6) is 0. The Kier molecular flexibility index (Phi) is 4.61. The Hall–Kier alpha value is -1.32. The van der Waals surface area contributed by atoms with Crippen LogP contribution in [0.1, 0.15) is 29.8 Å². The molecular weight excluding hydrogens is 258 g/mol. The van der Waals surface area contributed by atoms with E-state index in [1.807, 2.05) is 20.0 Å². The van der Waals surface area contributed by atoms with Crippen LogP contribution in [0, 0.1) is 6.92 Å². The predicted molar refractivity (Wildman–Crippen MR) is 79.5 cm³/mol. The van der Waals surface area contributed by atoms with Crippen molar-refractivity contribution in [3.63, 3.8) is 0 Å². The van der Waals surface area contributed by atoms with Crippen LogP contribution >= 0.6 is 11.6 Å². The molecule has 0 aliphatic rings. The van der Waals surface area contributed by atoms with Gasteiger partial charge in [-0.15, -0.1) is 0 Å². The van der Waals surface area contributed by atoms with Crippen LogP contribution in [-0.2, 0) is 13.5 Å². The van der Waals surface area contributed by atoms with E-state index in [0.29, 0.717) is 0 Å². The molecule has 19 heavy (non-hydrogen) atoms. The average Bonchev–Trinajstić information content (AvgIpc) is 2.65. The van der Waals surface area contributed by atoms with Crippen LogP contribution in [0.4, 0.5) is 0 Å². The minimum absolute atomic E-state index is 0.270. The summed E-state index contributed by atoms with van der Waals surface area (Å²) in [5.41, 5.74) is 3.41. The maximum absolute atomic E-state index is 6.32. The lowest BCUT2D eigenvalue weighted by atomic mass is 9.99. The Labute approximate surface area is 119 Å². The van der Waals surface area contributed by atoms with Gasteiger partial charge in [-0.05, 0) is 25.5 Å². The molecule has 0 aliphatic heterocycles. The summed E-state index contributed by atoms with van der Waals surface area (Å²) in [7, 11) is 1.88. The first-order valence-corrected chi connectivity index (χ1v) is 6.97. The standard InChI is InChI=1S/C15H20ClN3/c1-4-17-14(12-8-6-5-7-9-12)10-13-11(2)18-19(3)15(13)16/h5-9,14,17H,4,10H2,1-3H3. The number of aromatic nitrogens is 2. The van der Waals surface area contributed by atoms with Gasteiger partial charge in [-0.2, -0.15) is 5.10 Å². The molecule has 3 nitrogen and oxygen atoms in total. The van der Waals surface area contributed by atoms with E-state index in [0.717, 1.165) is 29.4 Å². The molecule has 1 N–H and O–H groups in total. The van der Waals surface area contributed by atoms with Gasteiger partial charge in [-0.3, -0.25) is 4.68 Å². The zero-order valence-corrected chi connectivity index (χ0v) is 12.4. The summed E-state index contributed by atoms with van der Waals surface area (Å²) < 4.78 is 1.74. The SMILES string of the molecule is CCNC(Cc1c(C)nn(C)c1Cl)c1ccccc1. The molecule has 0 radical (unpaired) electrons. The van der Waals surface area contributed by atoms with Gasteiger partial charge in [0.05, 0.1) is 5.69 Å². The molecule has 1 heterocycles.